The number of nitrogens with one attached hydrogen (secondary N) is 1. The van der Waals surface area contributed by atoms with Crippen molar-refractivity contribution in [1.29, 1.82) is 0 Å². The van der Waals surface area contributed by atoms with Crippen LogP contribution in [0.4, 0.5) is 0 Å². The number of hydrogen-bond donors (Lipinski definition) is 2. The molecule has 2 N–H and O–H groups in total. The fourth-order valence-electron chi connectivity index (χ4n) is 2.61. The van der Waals surface area contributed by atoms with Gasteiger partial charge in [0.15, 0.2) is 0 Å². The quantitative estimate of drug-likeness (QED) is 0.892. The minimum atomic E-state index is -0.598. The standard InChI is InChI=1S/C16H14ClNO2/c17-13-8-4-3-7-12(13)16(20)18-15-11-6-2-1-5-10(11)9-14(15)19/h1-8,14-15,19H,9H2,(H,18,20). The van der Waals surface area contributed by atoms with Gasteiger partial charge in [-0.05, 0) is 23.3 Å². The van der Waals surface area contributed by atoms with E-state index in [0.717, 1.165) is 11.1 Å². The van der Waals surface area contributed by atoms with Crippen molar-refractivity contribution in [3.63, 3.8) is 0 Å². The molecule has 0 saturated carbocycles. The second-order valence-corrected chi connectivity index (χ2v) is 5.31. The number of fused-ring (bicyclic) bond motifs is 1. The van der Waals surface area contributed by atoms with Crippen LogP contribution >= 0.6 is 11.6 Å². The zero-order valence-corrected chi connectivity index (χ0v) is 11.5. The van der Waals surface area contributed by atoms with E-state index in [9.17, 15) is 9.90 Å². The van der Waals surface area contributed by atoms with Gasteiger partial charge < -0.3 is 10.4 Å². The molecular formula is C16H14ClNO2. The molecule has 2 aromatic rings. The lowest BCUT2D eigenvalue weighted by Crippen LogP contribution is -2.34. The van der Waals surface area contributed by atoms with Gasteiger partial charge in [-0.15, -0.1) is 0 Å². The molecule has 0 bridgehead atoms. The molecule has 0 aliphatic heterocycles. The van der Waals surface area contributed by atoms with Crippen molar-refractivity contribution in [2.45, 2.75) is 18.6 Å². The van der Waals surface area contributed by atoms with Gasteiger partial charge in [0, 0.05) is 6.42 Å². The van der Waals surface area contributed by atoms with Gasteiger partial charge in [0.05, 0.1) is 22.7 Å². The lowest BCUT2D eigenvalue weighted by molar-refractivity contribution is 0.0858. The van der Waals surface area contributed by atoms with Crippen molar-refractivity contribution >= 4 is 17.5 Å². The number of rotatable bonds is 2. The van der Waals surface area contributed by atoms with Crippen LogP contribution in [0.5, 0.6) is 0 Å². The predicted molar refractivity (Wildman–Crippen MR) is 77.8 cm³/mol. The Hall–Kier alpha value is -1.84. The molecule has 0 fully saturated rings. The van der Waals surface area contributed by atoms with Gasteiger partial charge in [-0.2, -0.15) is 0 Å². The molecule has 3 rings (SSSR count). The molecule has 20 heavy (non-hydrogen) atoms. The van der Waals surface area contributed by atoms with Gasteiger partial charge in [-0.3, -0.25) is 4.79 Å². The summed E-state index contributed by atoms with van der Waals surface area (Å²) in [4.78, 5) is 12.3. The fraction of sp³-hybridized carbons (Fsp3) is 0.188. The van der Waals surface area contributed by atoms with E-state index in [-0.39, 0.29) is 11.9 Å². The first kappa shape index (κ1) is 13.2. The Labute approximate surface area is 122 Å². The SMILES string of the molecule is O=C(NC1c2ccccc2CC1O)c1ccccc1Cl. The summed E-state index contributed by atoms with van der Waals surface area (Å²) in [5, 5.41) is 13.4. The zero-order valence-electron chi connectivity index (χ0n) is 10.7. The van der Waals surface area contributed by atoms with Crippen LogP contribution in [0.1, 0.15) is 27.5 Å². The van der Waals surface area contributed by atoms with Crippen molar-refractivity contribution in [3.05, 3.63) is 70.2 Å². The third-order valence-corrected chi connectivity index (χ3v) is 3.94. The molecule has 0 heterocycles. The Morgan fingerprint density at radius 2 is 1.85 bits per heavy atom. The summed E-state index contributed by atoms with van der Waals surface area (Å²) in [6, 6.07) is 14.3. The molecule has 0 spiro atoms. The number of carbonyl (C=O) groups excluding carboxylic acids is 1. The van der Waals surface area contributed by atoms with Crippen LogP contribution in [-0.2, 0) is 6.42 Å². The Morgan fingerprint density at radius 1 is 1.15 bits per heavy atom. The van der Waals surface area contributed by atoms with Crippen LogP contribution in [0.3, 0.4) is 0 Å². The van der Waals surface area contributed by atoms with E-state index < -0.39 is 6.10 Å². The predicted octanol–water partition coefficient (Wildman–Crippen LogP) is 2.73. The van der Waals surface area contributed by atoms with E-state index in [1.165, 1.54) is 0 Å². The van der Waals surface area contributed by atoms with Crippen LogP contribution in [0.25, 0.3) is 0 Å². The van der Waals surface area contributed by atoms with Gasteiger partial charge in [-0.1, -0.05) is 48.0 Å². The highest BCUT2D eigenvalue weighted by Gasteiger charge is 2.32. The van der Waals surface area contributed by atoms with Gasteiger partial charge in [0.2, 0.25) is 0 Å². The van der Waals surface area contributed by atoms with E-state index in [2.05, 4.69) is 5.32 Å². The van der Waals surface area contributed by atoms with Gasteiger partial charge >= 0.3 is 0 Å². The number of halogens is 1. The van der Waals surface area contributed by atoms with E-state index in [1.807, 2.05) is 24.3 Å². The zero-order chi connectivity index (χ0) is 14.1. The molecule has 2 unspecified atom stereocenters. The van der Waals surface area contributed by atoms with Gasteiger partial charge in [0.1, 0.15) is 0 Å². The summed E-state index contributed by atoms with van der Waals surface area (Å²) >= 11 is 6.02. The van der Waals surface area contributed by atoms with Crippen LogP contribution < -0.4 is 5.32 Å². The highest BCUT2D eigenvalue weighted by atomic mass is 35.5. The fourth-order valence-corrected chi connectivity index (χ4v) is 2.83. The molecule has 3 nitrogen and oxygen atoms in total. The van der Waals surface area contributed by atoms with Crippen molar-refractivity contribution in [2.24, 2.45) is 0 Å². The monoisotopic (exact) mass is 287 g/mol. The molecule has 2 aromatic carbocycles. The first-order valence-electron chi connectivity index (χ1n) is 6.48. The lowest BCUT2D eigenvalue weighted by Gasteiger charge is -2.18. The molecular weight excluding hydrogens is 274 g/mol. The highest BCUT2D eigenvalue weighted by Crippen LogP contribution is 2.31. The third kappa shape index (κ3) is 2.30. The number of amides is 1. The minimum Gasteiger partial charge on any atom is -0.390 e. The normalized spacial score (nSPS) is 20.5. The molecule has 0 radical (unpaired) electrons. The Balaban J connectivity index is 1.85. The molecule has 1 aliphatic rings. The van der Waals surface area contributed by atoms with Crippen molar-refractivity contribution in [1.82, 2.24) is 5.32 Å². The van der Waals surface area contributed by atoms with Crippen molar-refractivity contribution in [3.8, 4) is 0 Å². The third-order valence-electron chi connectivity index (χ3n) is 3.61. The van der Waals surface area contributed by atoms with E-state index >= 15 is 0 Å². The summed E-state index contributed by atoms with van der Waals surface area (Å²) in [6.45, 7) is 0. The molecule has 1 aliphatic carbocycles. The lowest BCUT2D eigenvalue weighted by atomic mass is 10.1. The van der Waals surface area contributed by atoms with Crippen molar-refractivity contribution in [2.75, 3.05) is 0 Å². The Kier molecular flexibility index (Phi) is 3.47. The number of benzene rings is 2. The molecule has 0 aromatic heterocycles. The summed E-state index contributed by atoms with van der Waals surface area (Å²) < 4.78 is 0. The second kappa shape index (κ2) is 5.27. The number of hydrogen-bond acceptors (Lipinski definition) is 2. The summed E-state index contributed by atoms with van der Waals surface area (Å²) in [5.74, 6) is -0.267. The summed E-state index contributed by atoms with van der Waals surface area (Å²) in [5.41, 5.74) is 2.47. The van der Waals surface area contributed by atoms with Crippen LogP contribution in [-0.4, -0.2) is 17.1 Å². The molecule has 4 heteroatoms. The maximum atomic E-state index is 12.3. The minimum absolute atomic E-state index is 0.267. The van der Waals surface area contributed by atoms with Crippen LogP contribution in [0, 0.1) is 0 Å². The Morgan fingerprint density at radius 3 is 2.65 bits per heavy atom. The first-order valence-corrected chi connectivity index (χ1v) is 6.86. The number of carbonyl (C=O) groups is 1. The topological polar surface area (TPSA) is 49.3 Å². The number of aliphatic hydroxyl groups excluding tert-OH is 1. The average Bonchev–Trinajstić information content (AvgIpc) is 2.76. The molecule has 102 valence electrons. The molecule has 2 atom stereocenters. The van der Waals surface area contributed by atoms with Gasteiger partial charge in [-0.25, -0.2) is 0 Å². The van der Waals surface area contributed by atoms with Gasteiger partial charge in [0.25, 0.3) is 5.91 Å². The second-order valence-electron chi connectivity index (χ2n) is 4.90. The summed E-state index contributed by atoms with van der Waals surface area (Å²) in [7, 11) is 0. The van der Waals surface area contributed by atoms with E-state index in [1.54, 1.807) is 24.3 Å². The first-order chi connectivity index (χ1) is 9.66. The smallest absolute Gasteiger partial charge is 0.253 e. The van der Waals surface area contributed by atoms with E-state index in [4.69, 9.17) is 11.6 Å². The van der Waals surface area contributed by atoms with Crippen molar-refractivity contribution < 1.29 is 9.90 Å². The Bertz CT molecular complexity index is 656. The van der Waals surface area contributed by atoms with Crippen LogP contribution in [0.2, 0.25) is 5.02 Å². The molecule has 0 saturated heterocycles. The number of aliphatic hydroxyl groups is 1. The highest BCUT2D eigenvalue weighted by molar-refractivity contribution is 6.33. The van der Waals surface area contributed by atoms with Crippen LogP contribution in [0.15, 0.2) is 48.5 Å². The molecule has 1 amide bonds. The largest absolute Gasteiger partial charge is 0.390 e. The summed E-state index contributed by atoms with van der Waals surface area (Å²) in [6.07, 6.45) is -0.0391. The van der Waals surface area contributed by atoms with E-state index in [0.29, 0.717) is 17.0 Å². The maximum absolute atomic E-state index is 12.3. The average molecular weight is 288 g/mol. The maximum Gasteiger partial charge on any atom is 0.253 e.